The first kappa shape index (κ1) is 18.8. The number of nitrogens with zero attached hydrogens (tertiary/aromatic N) is 1. The number of nitro benzene ring substituents is 1. The molecule has 2 aromatic carbocycles. The number of benzene rings is 2. The minimum absolute atomic E-state index is 0.0307. The lowest BCUT2D eigenvalue weighted by molar-refractivity contribution is -0.384. The number of fused-ring (bicyclic) bond motifs is 1. The summed E-state index contributed by atoms with van der Waals surface area (Å²) in [5.74, 6) is -1.18. The zero-order valence-electron chi connectivity index (χ0n) is 14.4. The van der Waals surface area contributed by atoms with Crippen LogP contribution in [0.2, 0.25) is 5.02 Å². The molecule has 0 saturated heterocycles. The number of esters is 1. The molecule has 0 unspecified atom stereocenters. The SMILES string of the molecule is O=C(COC(=O)c1ccc2c(c1)CCCC2)Nc1ccc(Cl)c([N+](=O)[O-])c1. The van der Waals surface area contributed by atoms with Gasteiger partial charge in [0.2, 0.25) is 0 Å². The Balaban J connectivity index is 1.58. The fourth-order valence-corrected chi connectivity index (χ4v) is 3.19. The molecule has 140 valence electrons. The van der Waals surface area contributed by atoms with E-state index in [0.717, 1.165) is 37.3 Å². The van der Waals surface area contributed by atoms with Gasteiger partial charge in [-0.2, -0.15) is 0 Å². The third kappa shape index (κ3) is 4.62. The van der Waals surface area contributed by atoms with Crippen molar-refractivity contribution in [3.63, 3.8) is 0 Å². The van der Waals surface area contributed by atoms with E-state index in [1.165, 1.54) is 17.7 Å². The number of carbonyl (C=O) groups excluding carboxylic acids is 2. The van der Waals surface area contributed by atoms with Crippen LogP contribution in [-0.2, 0) is 22.4 Å². The lowest BCUT2D eigenvalue weighted by atomic mass is 9.90. The minimum Gasteiger partial charge on any atom is -0.452 e. The highest BCUT2D eigenvalue weighted by molar-refractivity contribution is 6.32. The number of halogens is 1. The Bertz CT molecular complexity index is 913. The summed E-state index contributed by atoms with van der Waals surface area (Å²) in [5.41, 5.74) is 2.68. The number of aryl methyl sites for hydroxylation is 2. The average Bonchev–Trinajstić information content (AvgIpc) is 2.67. The number of ether oxygens (including phenoxy) is 1. The number of rotatable bonds is 5. The summed E-state index contributed by atoms with van der Waals surface area (Å²) in [6, 6.07) is 9.33. The van der Waals surface area contributed by atoms with Crippen LogP contribution in [0.5, 0.6) is 0 Å². The summed E-state index contributed by atoms with van der Waals surface area (Å²) in [6.07, 6.45) is 4.20. The van der Waals surface area contributed by atoms with Crippen LogP contribution >= 0.6 is 11.6 Å². The monoisotopic (exact) mass is 388 g/mol. The normalized spacial score (nSPS) is 12.8. The van der Waals surface area contributed by atoms with Gasteiger partial charge in [-0.3, -0.25) is 14.9 Å². The number of nitrogens with one attached hydrogen (secondary N) is 1. The molecule has 1 aliphatic carbocycles. The van der Waals surface area contributed by atoms with E-state index in [2.05, 4.69) is 5.32 Å². The second-order valence-corrected chi connectivity index (χ2v) is 6.65. The van der Waals surface area contributed by atoms with Gasteiger partial charge in [-0.05, 0) is 61.1 Å². The molecule has 0 atom stereocenters. The Morgan fingerprint density at radius 3 is 2.59 bits per heavy atom. The summed E-state index contributed by atoms with van der Waals surface area (Å²) in [4.78, 5) is 34.4. The predicted octanol–water partition coefficient (Wildman–Crippen LogP) is 3.92. The molecular weight excluding hydrogens is 372 g/mol. The topological polar surface area (TPSA) is 98.5 Å². The summed E-state index contributed by atoms with van der Waals surface area (Å²) in [7, 11) is 0. The maximum absolute atomic E-state index is 12.2. The number of hydrogen-bond acceptors (Lipinski definition) is 5. The van der Waals surface area contributed by atoms with Crippen molar-refractivity contribution in [1.29, 1.82) is 0 Å². The number of hydrogen-bond donors (Lipinski definition) is 1. The maximum atomic E-state index is 12.2. The highest BCUT2D eigenvalue weighted by Crippen LogP contribution is 2.27. The molecule has 0 aliphatic heterocycles. The maximum Gasteiger partial charge on any atom is 0.338 e. The van der Waals surface area contributed by atoms with E-state index in [1.807, 2.05) is 12.1 Å². The average molecular weight is 389 g/mol. The smallest absolute Gasteiger partial charge is 0.338 e. The highest BCUT2D eigenvalue weighted by Gasteiger charge is 2.16. The fourth-order valence-electron chi connectivity index (χ4n) is 3.00. The number of carbonyl (C=O) groups is 2. The van der Waals surface area contributed by atoms with Crippen molar-refractivity contribution in [2.24, 2.45) is 0 Å². The van der Waals surface area contributed by atoms with Crippen LogP contribution in [0.4, 0.5) is 11.4 Å². The molecule has 0 aromatic heterocycles. The lowest BCUT2D eigenvalue weighted by Gasteiger charge is -2.16. The van der Waals surface area contributed by atoms with Crippen LogP contribution in [0.1, 0.15) is 34.3 Å². The summed E-state index contributed by atoms with van der Waals surface area (Å²) in [5, 5.41) is 13.3. The molecule has 0 saturated carbocycles. The van der Waals surface area contributed by atoms with Gasteiger partial charge in [0, 0.05) is 11.8 Å². The van der Waals surface area contributed by atoms with Crippen molar-refractivity contribution in [1.82, 2.24) is 0 Å². The van der Waals surface area contributed by atoms with Crippen molar-refractivity contribution in [2.75, 3.05) is 11.9 Å². The molecule has 27 heavy (non-hydrogen) atoms. The molecular formula is C19H17ClN2O5. The van der Waals surface area contributed by atoms with Crippen LogP contribution in [-0.4, -0.2) is 23.4 Å². The van der Waals surface area contributed by atoms with Crippen molar-refractivity contribution >= 4 is 34.9 Å². The van der Waals surface area contributed by atoms with Gasteiger partial charge < -0.3 is 10.1 Å². The Morgan fingerprint density at radius 2 is 1.85 bits per heavy atom. The zero-order valence-corrected chi connectivity index (χ0v) is 15.1. The molecule has 0 spiro atoms. The van der Waals surface area contributed by atoms with Gasteiger partial charge in [0.15, 0.2) is 6.61 Å². The Kier molecular flexibility index (Phi) is 5.71. The molecule has 3 rings (SSSR count). The van der Waals surface area contributed by atoms with Crippen LogP contribution in [0.3, 0.4) is 0 Å². The van der Waals surface area contributed by atoms with E-state index in [0.29, 0.717) is 5.56 Å². The van der Waals surface area contributed by atoms with Crippen LogP contribution < -0.4 is 5.32 Å². The Hall–Kier alpha value is -2.93. The number of anilines is 1. The zero-order chi connectivity index (χ0) is 19.4. The summed E-state index contributed by atoms with van der Waals surface area (Å²) >= 11 is 5.72. The number of nitro groups is 1. The van der Waals surface area contributed by atoms with E-state index in [-0.39, 0.29) is 16.4 Å². The van der Waals surface area contributed by atoms with Crippen molar-refractivity contribution in [3.8, 4) is 0 Å². The van der Waals surface area contributed by atoms with Crippen molar-refractivity contribution in [2.45, 2.75) is 25.7 Å². The van der Waals surface area contributed by atoms with Crippen LogP contribution in [0, 0.1) is 10.1 Å². The second-order valence-electron chi connectivity index (χ2n) is 6.24. The van der Waals surface area contributed by atoms with E-state index >= 15 is 0 Å². The van der Waals surface area contributed by atoms with Gasteiger partial charge in [0.05, 0.1) is 10.5 Å². The molecule has 0 heterocycles. The van der Waals surface area contributed by atoms with Gasteiger partial charge in [-0.15, -0.1) is 0 Å². The summed E-state index contributed by atoms with van der Waals surface area (Å²) < 4.78 is 5.04. The molecule has 8 heteroatoms. The van der Waals surface area contributed by atoms with Crippen LogP contribution in [0.15, 0.2) is 36.4 Å². The Morgan fingerprint density at radius 1 is 1.11 bits per heavy atom. The molecule has 0 bridgehead atoms. The van der Waals surface area contributed by atoms with Gasteiger partial charge in [0.25, 0.3) is 11.6 Å². The molecule has 7 nitrogen and oxygen atoms in total. The molecule has 0 fully saturated rings. The third-order valence-corrected chi connectivity index (χ3v) is 4.66. The highest BCUT2D eigenvalue weighted by atomic mass is 35.5. The molecule has 0 radical (unpaired) electrons. The van der Waals surface area contributed by atoms with Crippen LogP contribution in [0.25, 0.3) is 0 Å². The summed E-state index contributed by atoms with van der Waals surface area (Å²) in [6.45, 7) is -0.494. The molecule has 1 amide bonds. The number of amides is 1. The van der Waals surface area contributed by atoms with Crippen molar-refractivity contribution < 1.29 is 19.2 Å². The first-order valence-electron chi connectivity index (χ1n) is 8.47. The van der Waals surface area contributed by atoms with Gasteiger partial charge >= 0.3 is 5.97 Å². The van der Waals surface area contributed by atoms with Gasteiger partial charge in [-0.1, -0.05) is 17.7 Å². The standard InChI is InChI=1S/C19H17ClN2O5/c20-16-8-7-15(10-17(16)22(25)26)21-18(23)11-27-19(24)14-6-5-12-3-1-2-4-13(12)9-14/h5-10H,1-4,11H2,(H,21,23). The Labute approximate surface area is 160 Å². The van der Waals surface area contributed by atoms with E-state index in [1.54, 1.807) is 6.07 Å². The third-order valence-electron chi connectivity index (χ3n) is 4.35. The van der Waals surface area contributed by atoms with E-state index in [4.69, 9.17) is 16.3 Å². The minimum atomic E-state index is -0.645. The quantitative estimate of drug-likeness (QED) is 0.475. The second kappa shape index (κ2) is 8.18. The first-order valence-corrected chi connectivity index (χ1v) is 8.84. The van der Waals surface area contributed by atoms with Gasteiger partial charge in [0.1, 0.15) is 5.02 Å². The molecule has 2 aromatic rings. The predicted molar refractivity (Wildman–Crippen MR) is 100 cm³/mol. The molecule has 1 aliphatic rings. The largest absolute Gasteiger partial charge is 0.452 e. The van der Waals surface area contributed by atoms with Crippen molar-refractivity contribution in [3.05, 3.63) is 68.2 Å². The van der Waals surface area contributed by atoms with Gasteiger partial charge in [-0.25, -0.2) is 4.79 Å². The fraction of sp³-hybridized carbons (Fsp3) is 0.263. The first-order chi connectivity index (χ1) is 12.9. The van der Waals surface area contributed by atoms with E-state index in [9.17, 15) is 19.7 Å². The lowest BCUT2D eigenvalue weighted by Crippen LogP contribution is -2.21. The molecule has 1 N–H and O–H groups in total. The van der Waals surface area contributed by atoms with E-state index < -0.39 is 23.4 Å².